The zero-order chi connectivity index (χ0) is 13.5. The highest BCUT2D eigenvalue weighted by atomic mass is 35.5. The van der Waals surface area contributed by atoms with Crippen LogP contribution < -0.4 is 5.32 Å². The number of carbonyl (C=O) groups is 1. The normalized spacial score (nSPS) is 10.4. The van der Waals surface area contributed by atoms with Crippen molar-refractivity contribution < 1.29 is 4.79 Å². The Kier molecular flexibility index (Phi) is 4.98. The van der Waals surface area contributed by atoms with Gasteiger partial charge in [0.2, 0.25) is 5.91 Å². The molecule has 0 radical (unpaired) electrons. The summed E-state index contributed by atoms with van der Waals surface area (Å²) in [4.78, 5) is 11.6. The molecule has 100 valence electrons. The van der Waals surface area contributed by atoms with Crippen LogP contribution in [0, 0.1) is 0 Å². The van der Waals surface area contributed by atoms with Crippen LogP contribution >= 0.6 is 11.6 Å². The summed E-state index contributed by atoms with van der Waals surface area (Å²) in [6.45, 7) is 0. The van der Waals surface area contributed by atoms with Gasteiger partial charge in [0, 0.05) is 30.4 Å². The molecule has 0 saturated heterocycles. The standard InChI is InChI=1S/C14H16ClN3O/c15-9-2-1-4-14(19)17-12-5-7-13(8-6-12)18-11-3-10-16-18/h3,5-8,10-11H,1-2,4,9H2,(H,17,19). The van der Waals surface area contributed by atoms with Crippen molar-refractivity contribution in [1.29, 1.82) is 0 Å². The quantitative estimate of drug-likeness (QED) is 0.651. The van der Waals surface area contributed by atoms with E-state index >= 15 is 0 Å². The maximum Gasteiger partial charge on any atom is 0.224 e. The summed E-state index contributed by atoms with van der Waals surface area (Å²) in [7, 11) is 0. The minimum Gasteiger partial charge on any atom is -0.326 e. The molecule has 4 nitrogen and oxygen atoms in total. The van der Waals surface area contributed by atoms with Crippen LogP contribution in [-0.2, 0) is 4.79 Å². The molecule has 0 aliphatic rings. The zero-order valence-corrected chi connectivity index (χ0v) is 11.3. The summed E-state index contributed by atoms with van der Waals surface area (Å²) in [6.07, 6.45) is 5.80. The van der Waals surface area contributed by atoms with Crippen molar-refractivity contribution in [2.24, 2.45) is 0 Å². The topological polar surface area (TPSA) is 46.9 Å². The lowest BCUT2D eigenvalue weighted by molar-refractivity contribution is -0.116. The number of alkyl halides is 1. The second-order valence-corrected chi connectivity index (χ2v) is 4.57. The van der Waals surface area contributed by atoms with E-state index < -0.39 is 0 Å². The molecule has 1 aromatic carbocycles. The Morgan fingerprint density at radius 2 is 2.05 bits per heavy atom. The van der Waals surface area contributed by atoms with Gasteiger partial charge in [0.05, 0.1) is 5.69 Å². The molecule has 0 aliphatic heterocycles. The van der Waals surface area contributed by atoms with Crippen molar-refractivity contribution in [3.8, 4) is 5.69 Å². The van der Waals surface area contributed by atoms with Gasteiger partial charge in [-0.05, 0) is 43.2 Å². The van der Waals surface area contributed by atoms with E-state index in [1.807, 2.05) is 36.5 Å². The van der Waals surface area contributed by atoms with Gasteiger partial charge in [-0.25, -0.2) is 4.68 Å². The number of carbonyl (C=O) groups excluding carboxylic acids is 1. The largest absolute Gasteiger partial charge is 0.326 e. The molecule has 19 heavy (non-hydrogen) atoms. The van der Waals surface area contributed by atoms with Gasteiger partial charge in [0.15, 0.2) is 0 Å². The summed E-state index contributed by atoms with van der Waals surface area (Å²) < 4.78 is 1.77. The molecule has 0 bridgehead atoms. The van der Waals surface area contributed by atoms with E-state index in [9.17, 15) is 4.79 Å². The lowest BCUT2D eigenvalue weighted by Gasteiger charge is -2.06. The third-order valence-electron chi connectivity index (χ3n) is 2.71. The van der Waals surface area contributed by atoms with E-state index in [0.717, 1.165) is 24.2 Å². The smallest absolute Gasteiger partial charge is 0.224 e. The summed E-state index contributed by atoms with van der Waals surface area (Å²) in [6, 6.07) is 9.45. The van der Waals surface area contributed by atoms with Crippen molar-refractivity contribution in [2.45, 2.75) is 19.3 Å². The number of benzene rings is 1. The van der Waals surface area contributed by atoms with Crippen LogP contribution in [0.2, 0.25) is 0 Å². The van der Waals surface area contributed by atoms with E-state index in [4.69, 9.17) is 11.6 Å². The van der Waals surface area contributed by atoms with E-state index in [1.54, 1.807) is 10.9 Å². The molecule has 1 heterocycles. The first kappa shape index (κ1) is 13.6. The van der Waals surface area contributed by atoms with E-state index in [-0.39, 0.29) is 5.91 Å². The van der Waals surface area contributed by atoms with Gasteiger partial charge in [-0.3, -0.25) is 4.79 Å². The first-order valence-electron chi connectivity index (χ1n) is 6.25. The second kappa shape index (κ2) is 6.95. The van der Waals surface area contributed by atoms with Crippen molar-refractivity contribution in [3.63, 3.8) is 0 Å². The van der Waals surface area contributed by atoms with Gasteiger partial charge in [0.1, 0.15) is 0 Å². The fraction of sp³-hybridized carbons (Fsp3) is 0.286. The van der Waals surface area contributed by atoms with E-state index in [2.05, 4.69) is 10.4 Å². The van der Waals surface area contributed by atoms with Crippen LogP contribution in [0.4, 0.5) is 5.69 Å². The van der Waals surface area contributed by atoms with Gasteiger partial charge >= 0.3 is 0 Å². The zero-order valence-electron chi connectivity index (χ0n) is 10.6. The summed E-state index contributed by atoms with van der Waals surface area (Å²) in [5, 5.41) is 7.01. The Morgan fingerprint density at radius 1 is 1.26 bits per heavy atom. The molecular formula is C14H16ClN3O. The summed E-state index contributed by atoms with van der Waals surface area (Å²) in [5.74, 6) is 0.628. The Balaban J connectivity index is 1.90. The third kappa shape index (κ3) is 4.10. The van der Waals surface area contributed by atoms with Crippen molar-refractivity contribution in [2.75, 3.05) is 11.2 Å². The first-order valence-corrected chi connectivity index (χ1v) is 6.79. The number of hydrogen-bond acceptors (Lipinski definition) is 2. The molecule has 0 aliphatic carbocycles. The highest BCUT2D eigenvalue weighted by Crippen LogP contribution is 2.13. The summed E-state index contributed by atoms with van der Waals surface area (Å²) >= 11 is 5.57. The first-order chi connectivity index (χ1) is 9.29. The van der Waals surface area contributed by atoms with Crippen LogP contribution in [0.1, 0.15) is 19.3 Å². The average molecular weight is 278 g/mol. The average Bonchev–Trinajstić information content (AvgIpc) is 2.94. The maximum atomic E-state index is 11.6. The van der Waals surface area contributed by atoms with Crippen LogP contribution in [-0.4, -0.2) is 21.6 Å². The number of nitrogens with one attached hydrogen (secondary N) is 1. The Hall–Kier alpha value is -1.81. The van der Waals surface area contributed by atoms with Gasteiger partial charge < -0.3 is 5.32 Å². The predicted molar refractivity (Wildman–Crippen MR) is 76.8 cm³/mol. The Morgan fingerprint density at radius 3 is 2.68 bits per heavy atom. The van der Waals surface area contributed by atoms with Crippen LogP contribution in [0.25, 0.3) is 5.69 Å². The van der Waals surface area contributed by atoms with Gasteiger partial charge in [-0.1, -0.05) is 0 Å². The van der Waals surface area contributed by atoms with Crippen molar-refractivity contribution in [1.82, 2.24) is 9.78 Å². The number of aromatic nitrogens is 2. The lowest BCUT2D eigenvalue weighted by atomic mass is 10.2. The third-order valence-corrected chi connectivity index (χ3v) is 2.97. The number of hydrogen-bond donors (Lipinski definition) is 1. The molecule has 1 amide bonds. The molecule has 2 rings (SSSR count). The van der Waals surface area contributed by atoms with Gasteiger partial charge in [0.25, 0.3) is 0 Å². The van der Waals surface area contributed by atoms with E-state index in [0.29, 0.717) is 12.3 Å². The van der Waals surface area contributed by atoms with Crippen molar-refractivity contribution >= 4 is 23.2 Å². The molecule has 0 fully saturated rings. The second-order valence-electron chi connectivity index (χ2n) is 4.19. The molecule has 1 aromatic heterocycles. The van der Waals surface area contributed by atoms with Crippen molar-refractivity contribution in [3.05, 3.63) is 42.7 Å². The monoisotopic (exact) mass is 277 g/mol. The molecule has 2 aromatic rings. The highest BCUT2D eigenvalue weighted by molar-refractivity contribution is 6.17. The lowest BCUT2D eigenvalue weighted by Crippen LogP contribution is -2.11. The van der Waals surface area contributed by atoms with Crippen LogP contribution in [0.3, 0.4) is 0 Å². The molecule has 0 unspecified atom stereocenters. The molecule has 1 N–H and O–H groups in total. The number of rotatable bonds is 6. The van der Waals surface area contributed by atoms with Crippen LogP contribution in [0.5, 0.6) is 0 Å². The van der Waals surface area contributed by atoms with Gasteiger partial charge in [-0.15, -0.1) is 11.6 Å². The SMILES string of the molecule is O=C(CCCCCl)Nc1ccc(-n2cccn2)cc1. The minimum atomic E-state index is 0.0250. The highest BCUT2D eigenvalue weighted by Gasteiger charge is 2.02. The number of unbranched alkanes of at least 4 members (excludes halogenated alkanes) is 1. The number of amides is 1. The molecule has 0 atom stereocenters. The van der Waals surface area contributed by atoms with Crippen LogP contribution in [0.15, 0.2) is 42.7 Å². The fourth-order valence-electron chi connectivity index (χ4n) is 1.72. The number of halogens is 1. The molecule has 5 heteroatoms. The van der Waals surface area contributed by atoms with Gasteiger partial charge in [-0.2, -0.15) is 5.10 Å². The molecule has 0 saturated carbocycles. The Labute approximate surface area is 117 Å². The maximum absolute atomic E-state index is 11.6. The minimum absolute atomic E-state index is 0.0250. The summed E-state index contributed by atoms with van der Waals surface area (Å²) in [5.41, 5.74) is 1.76. The number of nitrogens with zero attached hydrogens (tertiary/aromatic N) is 2. The number of anilines is 1. The molecular weight excluding hydrogens is 262 g/mol. The molecule has 0 spiro atoms. The predicted octanol–water partition coefficient (Wildman–Crippen LogP) is 3.22. The van der Waals surface area contributed by atoms with E-state index in [1.165, 1.54) is 0 Å². The fourth-order valence-corrected chi connectivity index (χ4v) is 1.91. The Bertz CT molecular complexity index is 508.